The lowest BCUT2D eigenvalue weighted by Crippen LogP contribution is -2.17. The second-order valence-electron chi connectivity index (χ2n) is 2.64. The fourth-order valence-corrected chi connectivity index (χ4v) is 1.18. The van der Waals surface area contributed by atoms with Crippen LogP contribution in [0.3, 0.4) is 0 Å². The van der Waals surface area contributed by atoms with E-state index in [0.717, 1.165) is 0 Å². The molecule has 72 valence electrons. The normalized spacial score (nSPS) is 16.5. The Balaban J connectivity index is 2.97. The van der Waals surface area contributed by atoms with Gasteiger partial charge in [0.25, 0.3) is 0 Å². The van der Waals surface area contributed by atoms with E-state index in [-0.39, 0.29) is 5.76 Å². The summed E-state index contributed by atoms with van der Waals surface area (Å²) in [5.74, 6) is -1.67. The van der Waals surface area contributed by atoms with Crippen molar-refractivity contribution in [2.45, 2.75) is 6.42 Å². The molecule has 0 bridgehead atoms. The first kappa shape index (κ1) is 10.1. The molecular formula is C9H8N2O3. The van der Waals surface area contributed by atoms with Gasteiger partial charge >= 0.3 is 5.97 Å². The van der Waals surface area contributed by atoms with Crippen molar-refractivity contribution in [2.24, 2.45) is 5.92 Å². The molecule has 0 fully saturated rings. The number of methoxy groups -OCH3 is 1. The molecule has 5 nitrogen and oxygen atoms in total. The molecule has 0 aromatic carbocycles. The molecule has 1 aliphatic heterocycles. The fourth-order valence-electron chi connectivity index (χ4n) is 1.18. The van der Waals surface area contributed by atoms with Gasteiger partial charge < -0.3 is 9.47 Å². The monoisotopic (exact) mass is 192 g/mol. The first-order valence-electron chi connectivity index (χ1n) is 3.98. The van der Waals surface area contributed by atoms with Crippen LogP contribution in [0.25, 0.3) is 0 Å². The quantitative estimate of drug-likeness (QED) is 0.595. The predicted molar refractivity (Wildman–Crippen MR) is 44.3 cm³/mol. The number of carbonyl (C=O) groups is 1. The lowest BCUT2D eigenvalue weighted by atomic mass is 10.1. The van der Waals surface area contributed by atoms with Crippen LogP contribution in [0.15, 0.2) is 11.3 Å². The first-order chi connectivity index (χ1) is 6.74. The molecule has 0 aromatic rings. The van der Waals surface area contributed by atoms with Crippen molar-refractivity contribution >= 4 is 5.97 Å². The van der Waals surface area contributed by atoms with E-state index in [2.05, 4.69) is 4.74 Å². The highest BCUT2D eigenvalue weighted by Crippen LogP contribution is 2.25. The molecule has 1 aliphatic rings. The molecule has 0 N–H and O–H groups in total. The molecule has 0 spiro atoms. The maximum Gasteiger partial charge on any atom is 0.330 e. The first-order valence-corrected chi connectivity index (χ1v) is 3.98. The number of nitriles is 2. The van der Waals surface area contributed by atoms with E-state index < -0.39 is 11.9 Å². The van der Waals surface area contributed by atoms with Crippen LogP contribution >= 0.6 is 0 Å². The highest BCUT2D eigenvalue weighted by atomic mass is 16.5. The summed E-state index contributed by atoms with van der Waals surface area (Å²) in [6, 6.07) is 3.65. The fraction of sp³-hybridized carbons (Fsp3) is 0.444. The summed E-state index contributed by atoms with van der Waals surface area (Å²) in [5, 5.41) is 17.4. The molecule has 5 heteroatoms. The van der Waals surface area contributed by atoms with Gasteiger partial charge in [-0.1, -0.05) is 0 Å². The Morgan fingerprint density at radius 3 is 2.86 bits per heavy atom. The smallest absolute Gasteiger partial charge is 0.330 e. The Hall–Kier alpha value is -2.01. The van der Waals surface area contributed by atoms with Crippen molar-refractivity contribution in [1.82, 2.24) is 0 Å². The summed E-state index contributed by atoms with van der Waals surface area (Å²) in [6.45, 7) is 0.341. The predicted octanol–water partition coefficient (Wildman–Crippen LogP) is 0.497. The molecule has 0 saturated carbocycles. The average molecular weight is 192 g/mol. The number of hydrogen-bond donors (Lipinski definition) is 0. The lowest BCUT2D eigenvalue weighted by molar-refractivity contribution is -0.143. The molecule has 0 radical (unpaired) electrons. The van der Waals surface area contributed by atoms with Crippen LogP contribution in [-0.2, 0) is 14.3 Å². The molecule has 0 amide bonds. The molecule has 14 heavy (non-hydrogen) atoms. The summed E-state index contributed by atoms with van der Waals surface area (Å²) in [5.41, 5.74) is 0.349. The minimum atomic E-state index is -1.11. The van der Waals surface area contributed by atoms with Gasteiger partial charge in [-0.2, -0.15) is 10.5 Å². The number of nitrogens with zero attached hydrogens (tertiary/aromatic N) is 2. The van der Waals surface area contributed by atoms with Gasteiger partial charge in [0.05, 0.1) is 31.4 Å². The zero-order valence-corrected chi connectivity index (χ0v) is 7.61. The second kappa shape index (κ2) is 4.29. The van der Waals surface area contributed by atoms with Gasteiger partial charge in [-0.3, -0.25) is 4.79 Å². The van der Waals surface area contributed by atoms with Crippen LogP contribution in [-0.4, -0.2) is 19.7 Å². The maximum atomic E-state index is 11.1. The van der Waals surface area contributed by atoms with Crippen molar-refractivity contribution in [3.8, 4) is 12.1 Å². The Bertz CT molecular complexity index is 359. The third-order valence-electron chi connectivity index (χ3n) is 1.87. The number of hydrogen-bond acceptors (Lipinski definition) is 5. The number of esters is 1. The Kier molecular flexibility index (Phi) is 3.09. The molecule has 1 rings (SSSR count). The summed E-state index contributed by atoms with van der Waals surface area (Å²) in [7, 11) is 1.19. The average Bonchev–Trinajstić information content (AvgIpc) is 2.66. The summed E-state index contributed by atoms with van der Waals surface area (Å²) < 4.78 is 9.49. The second-order valence-corrected chi connectivity index (χ2v) is 2.64. The third kappa shape index (κ3) is 1.67. The summed E-state index contributed by atoms with van der Waals surface area (Å²) in [6.07, 6.45) is 0.445. The van der Waals surface area contributed by atoms with Crippen LogP contribution < -0.4 is 0 Å². The Morgan fingerprint density at radius 2 is 2.36 bits per heavy atom. The van der Waals surface area contributed by atoms with Crippen LogP contribution in [0.5, 0.6) is 0 Å². The zero-order chi connectivity index (χ0) is 10.6. The molecule has 1 atom stereocenters. The molecule has 0 saturated heterocycles. The van der Waals surface area contributed by atoms with Gasteiger partial charge in [0.1, 0.15) is 5.76 Å². The van der Waals surface area contributed by atoms with Gasteiger partial charge in [0, 0.05) is 6.42 Å². The van der Waals surface area contributed by atoms with Crippen LogP contribution in [0.2, 0.25) is 0 Å². The molecule has 1 unspecified atom stereocenters. The minimum absolute atomic E-state index is 0.141. The van der Waals surface area contributed by atoms with E-state index in [1.165, 1.54) is 7.11 Å². The zero-order valence-electron chi connectivity index (χ0n) is 7.61. The largest absolute Gasteiger partial charge is 0.494 e. The van der Waals surface area contributed by atoms with Crippen LogP contribution in [0.4, 0.5) is 0 Å². The van der Waals surface area contributed by atoms with Crippen molar-refractivity contribution in [3.63, 3.8) is 0 Å². The van der Waals surface area contributed by atoms with Gasteiger partial charge in [0.2, 0.25) is 5.92 Å². The van der Waals surface area contributed by atoms with E-state index in [0.29, 0.717) is 18.6 Å². The number of carbonyl (C=O) groups excluding carboxylic acids is 1. The SMILES string of the molecule is COC(=O)C(C#N)C1=C(C#N)CCO1. The van der Waals surface area contributed by atoms with Gasteiger partial charge in [-0.25, -0.2) is 0 Å². The lowest BCUT2D eigenvalue weighted by Gasteiger charge is -2.08. The number of ether oxygens (including phenoxy) is 2. The van der Waals surface area contributed by atoms with E-state index in [1.54, 1.807) is 6.07 Å². The third-order valence-corrected chi connectivity index (χ3v) is 1.87. The van der Waals surface area contributed by atoms with E-state index >= 15 is 0 Å². The molecular weight excluding hydrogens is 184 g/mol. The standard InChI is InChI=1S/C9H8N2O3/c1-13-9(12)7(5-11)8-6(4-10)2-3-14-8/h7H,2-3H2,1H3. The van der Waals surface area contributed by atoms with Crippen molar-refractivity contribution in [1.29, 1.82) is 10.5 Å². The van der Waals surface area contributed by atoms with Crippen LogP contribution in [0, 0.1) is 28.6 Å². The van der Waals surface area contributed by atoms with E-state index in [4.69, 9.17) is 15.3 Å². The van der Waals surface area contributed by atoms with Crippen molar-refractivity contribution < 1.29 is 14.3 Å². The van der Waals surface area contributed by atoms with E-state index in [1.807, 2.05) is 6.07 Å². The summed E-state index contributed by atoms with van der Waals surface area (Å²) in [4.78, 5) is 11.1. The Labute approximate surface area is 81.1 Å². The minimum Gasteiger partial charge on any atom is -0.494 e. The molecule has 0 aromatic heterocycles. The van der Waals surface area contributed by atoms with Crippen molar-refractivity contribution in [2.75, 3.05) is 13.7 Å². The summed E-state index contributed by atoms with van der Waals surface area (Å²) >= 11 is 0. The Morgan fingerprint density at radius 1 is 1.64 bits per heavy atom. The molecule has 0 aliphatic carbocycles. The highest BCUT2D eigenvalue weighted by Gasteiger charge is 2.31. The van der Waals surface area contributed by atoms with Crippen molar-refractivity contribution in [3.05, 3.63) is 11.3 Å². The van der Waals surface area contributed by atoms with Gasteiger partial charge in [0.15, 0.2) is 0 Å². The van der Waals surface area contributed by atoms with Crippen LogP contribution in [0.1, 0.15) is 6.42 Å². The maximum absolute atomic E-state index is 11.1. The van der Waals surface area contributed by atoms with Gasteiger partial charge in [-0.05, 0) is 0 Å². The highest BCUT2D eigenvalue weighted by molar-refractivity contribution is 5.78. The number of rotatable bonds is 2. The topological polar surface area (TPSA) is 83.1 Å². The van der Waals surface area contributed by atoms with Gasteiger partial charge in [-0.15, -0.1) is 0 Å². The van der Waals surface area contributed by atoms with E-state index in [9.17, 15) is 4.79 Å². The molecule has 1 heterocycles.